The second-order valence-electron chi connectivity index (χ2n) is 4.39. The van der Waals surface area contributed by atoms with Gasteiger partial charge in [-0.15, -0.1) is 0 Å². The molecule has 3 nitrogen and oxygen atoms in total. The fourth-order valence-electron chi connectivity index (χ4n) is 2.17. The van der Waals surface area contributed by atoms with Crippen LogP contribution in [0.25, 0.3) is 0 Å². The number of nitrogens with zero attached hydrogens (tertiary/aromatic N) is 1. The molecular formula is C14H14BrNO2. The van der Waals surface area contributed by atoms with Crippen molar-refractivity contribution in [3.05, 3.63) is 34.3 Å². The van der Waals surface area contributed by atoms with Gasteiger partial charge in [-0.05, 0) is 24.5 Å². The van der Waals surface area contributed by atoms with Gasteiger partial charge in [-0.3, -0.25) is 4.79 Å². The van der Waals surface area contributed by atoms with Crippen LogP contribution >= 0.6 is 15.9 Å². The highest BCUT2D eigenvalue weighted by Gasteiger charge is 2.26. The molecule has 0 saturated carbocycles. The molecule has 0 amide bonds. The van der Waals surface area contributed by atoms with Crippen molar-refractivity contribution in [2.24, 2.45) is 0 Å². The van der Waals surface area contributed by atoms with Crippen molar-refractivity contribution < 1.29 is 9.53 Å². The Morgan fingerprint density at radius 2 is 2.33 bits per heavy atom. The second kappa shape index (κ2) is 6.12. The topological polar surface area (TPSA) is 50.1 Å². The SMILES string of the molecule is N#CC(C(=O)CC1CCCO1)c1ccccc1Br. The first-order chi connectivity index (χ1) is 8.72. The van der Waals surface area contributed by atoms with Crippen LogP contribution in [0, 0.1) is 11.3 Å². The van der Waals surface area contributed by atoms with Gasteiger partial charge in [-0.25, -0.2) is 0 Å². The molecule has 0 aromatic heterocycles. The van der Waals surface area contributed by atoms with E-state index in [1.54, 1.807) is 0 Å². The lowest BCUT2D eigenvalue weighted by Crippen LogP contribution is -2.18. The van der Waals surface area contributed by atoms with Gasteiger partial charge < -0.3 is 4.74 Å². The number of ether oxygens (including phenoxy) is 1. The zero-order valence-corrected chi connectivity index (χ0v) is 11.5. The van der Waals surface area contributed by atoms with Gasteiger partial charge in [0.2, 0.25) is 0 Å². The van der Waals surface area contributed by atoms with E-state index in [-0.39, 0.29) is 11.9 Å². The second-order valence-corrected chi connectivity index (χ2v) is 5.24. The van der Waals surface area contributed by atoms with E-state index in [0.717, 1.165) is 29.5 Å². The number of rotatable bonds is 4. The lowest BCUT2D eigenvalue weighted by Gasteiger charge is -2.13. The Morgan fingerprint density at radius 1 is 1.56 bits per heavy atom. The number of Topliss-reactive ketones (excluding diaryl/α,β-unsaturated/α-hetero) is 1. The van der Waals surface area contributed by atoms with E-state index in [2.05, 4.69) is 22.0 Å². The molecule has 1 saturated heterocycles. The molecule has 0 N–H and O–H groups in total. The molecular weight excluding hydrogens is 294 g/mol. The summed E-state index contributed by atoms with van der Waals surface area (Å²) in [4.78, 5) is 12.2. The van der Waals surface area contributed by atoms with Gasteiger partial charge in [0.05, 0.1) is 12.2 Å². The van der Waals surface area contributed by atoms with Gasteiger partial charge in [0.1, 0.15) is 5.92 Å². The lowest BCUT2D eigenvalue weighted by atomic mass is 9.92. The number of carbonyl (C=O) groups is 1. The van der Waals surface area contributed by atoms with Gasteiger partial charge in [0, 0.05) is 17.5 Å². The van der Waals surface area contributed by atoms with Crippen molar-refractivity contribution in [2.45, 2.75) is 31.3 Å². The number of nitriles is 1. The molecule has 0 radical (unpaired) electrons. The third-order valence-corrected chi connectivity index (χ3v) is 3.84. The molecule has 18 heavy (non-hydrogen) atoms. The molecule has 0 spiro atoms. The van der Waals surface area contributed by atoms with Crippen LogP contribution < -0.4 is 0 Å². The molecule has 1 aliphatic heterocycles. The van der Waals surface area contributed by atoms with Gasteiger partial charge in [-0.1, -0.05) is 34.1 Å². The number of halogens is 1. The fraction of sp³-hybridized carbons (Fsp3) is 0.429. The first-order valence-electron chi connectivity index (χ1n) is 6.00. The summed E-state index contributed by atoms with van der Waals surface area (Å²) in [5.41, 5.74) is 0.739. The number of hydrogen-bond donors (Lipinski definition) is 0. The molecule has 94 valence electrons. The number of ketones is 1. The number of hydrogen-bond acceptors (Lipinski definition) is 3. The average molecular weight is 308 g/mol. The van der Waals surface area contributed by atoms with E-state index < -0.39 is 5.92 Å². The van der Waals surface area contributed by atoms with Crippen molar-refractivity contribution in [2.75, 3.05) is 6.61 Å². The minimum absolute atomic E-state index is 0.00385. The molecule has 1 fully saturated rings. The summed E-state index contributed by atoms with van der Waals surface area (Å²) < 4.78 is 6.25. The highest BCUT2D eigenvalue weighted by molar-refractivity contribution is 9.10. The summed E-state index contributed by atoms with van der Waals surface area (Å²) in [7, 11) is 0. The zero-order chi connectivity index (χ0) is 13.0. The third-order valence-electron chi connectivity index (χ3n) is 3.12. The quantitative estimate of drug-likeness (QED) is 0.858. The van der Waals surface area contributed by atoms with Crippen molar-refractivity contribution in [1.29, 1.82) is 5.26 Å². The van der Waals surface area contributed by atoms with E-state index in [4.69, 9.17) is 4.74 Å². The lowest BCUT2D eigenvalue weighted by molar-refractivity contribution is -0.121. The summed E-state index contributed by atoms with van der Waals surface area (Å²) in [5.74, 6) is -0.763. The van der Waals surface area contributed by atoms with Crippen LogP contribution in [0.1, 0.15) is 30.7 Å². The highest BCUT2D eigenvalue weighted by Crippen LogP contribution is 2.27. The number of benzene rings is 1. The molecule has 1 aromatic carbocycles. The van der Waals surface area contributed by atoms with Crippen LogP contribution in [0.3, 0.4) is 0 Å². The summed E-state index contributed by atoms with van der Waals surface area (Å²) in [5, 5.41) is 9.22. The summed E-state index contributed by atoms with van der Waals surface area (Å²) in [6.07, 6.45) is 2.25. The Labute approximate surface area is 115 Å². The maximum atomic E-state index is 12.2. The molecule has 1 aliphatic rings. The molecule has 0 bridgehead atoms. The Bertz CT molecular complexity index is 475. The van der Waals surface area contributed by atoms with Crippen molar-refractivity contribution in [3.8, 4) is 6.07 Å². The normalized spacial score (nSPS) is 20.3. The Balaban J connectivity index is 2.11. The van der Waals surface area contributed by atoms with Crippen molar-refractivity contribution >= 4 is 21.7 Å². The largest absolute Gasteiger partial charge is 0.378 e. The predicted molar refractivity (Wildman–Crippen MR) is 71.1 cm³/mol. The predicted octanol–water partition coefficient (Wildman–Crippen LogP) is 3.19. The molecule has 0 aliphatic carbocycles. The van der Waals surface area contributed by atoms with E-state index >= 15 is 0 Å². The van der Waals surface area contributed by atoms with Crippen LogP contribution in [0.15, 0.2) is 28.7 Å². The van der Waals surface area contributed by atoms with Crippen LogP contribution in [0.4, 0.5) is 0 Å². The molecule has 1 heterocycles. The monoisotopic (exact) mass is 307 g/mol. The van der Waals surface area contributed by atoms with Gasteiger partial charge >= 0.3 is 0 Å². The highest BCUT2D eigenvalue weighted by atomic mass is 79.9. The minimum atomic E-state index is -0.704. The van der Waals surface area contributed by atoms with Crippen LogP contribution in [-0.2, 0) is 9.53 Å². The maximum Gasteiger partial charge on any atom is 0.157 e. The Morgan fingerprint density at radius 3 is 2.94 bits per heavy atom. The van der Waals surface area contributed by atoms with Gasteiger partial charge in [-0.2, -0.15) is 5.26 Å². The van der Waals surface area contributed by atoms with E-state index in [0.29, 0.717) is 6.42 Å². The average Bonchev–Trinajstić information content (AvgIpc) is 2.85. The van der Waals surface area contributed by atoms with Crippen molar-refractivity contribution in [1.82, 2.24) is 0 Å². The summed E-state index contributed by atoms with van der Waals surface area (Å²) >= 11 is 3.38. The summed E-state index contributed by atoms with van der Waals surface area (Å²) in [6, 6.07) is 9.46. The molecule has 2 unspecified atom stereocenters. The number of carbonyl (C=O) groups excluding carboxylic acids is 1. The fourth-order valence-corrected chi connectivity index (χ4v) is 2.69. The molecule has 2 rings (SSSR count). The first kappa shape index (κ1) is 13.3. The van der Waals surface area contributed by atoms with Gasteiger partial charge in [0.25, 0.3) is 0 Å². The molecule has 4 heteroatoms. The van der Waals surface area contributed by atoms with Gasteiger partial charge in [0.15, 0.2) is 5.78 Å². The zero-order valence-electron chi connectivity index (χ0n) is 9.93. The van der Waals surface area contributed by atoms with Crippen LogP contribution in [0.5, 0.6) is 0 Å². The smallest absolute Gasteiger partial charge is 0.157 e. The van der Waals surface area contributed by atoms with E-state index in [1.165, 1.54) is 0 Å². The summed E-state index contributed by atoms with van der Waals surface area (Å²) in [6.45, 7) is 0.726. The third kappa shape index (κ3) is 2.98. The minimum Gasteiger partial charge on any atom is -0.378 e. The van der Waals surface area contributed by atoms with Crippen molar-refractivity contribution in [3.63, 3.8) is 0 Å². The van der Waals surface area contributed by atoms with Crippen LogP contribution in [0.2, 0.25) is 0 Å². The van der Waals surface area contributed by atoms with Crippen LogP contribution in [-0.4, -0.2) is 18.5 Å². The maximum absolute atomic E-state index is 12.2. The Kier molecular flexibility index (Phi) is 4.51. The standard InChI is InChI=1S/C14H14BrNO2/c15-13-6-2-1-5-11(13)12(9-16)14(17)8-10-4-3-7-18-10/h1-2,5-6,10,12H,3-4,7-8H2. The molecule has 2 atom stereocenters. The first-order valence-corrected chi connectivity index (χ1v) is 6.80. The van der Waals surface area contributed by atoms with E-state index in [9.17, 15) is 10.1 Å². The van der Waals surface area contributed by atoms with E-state index in [1.807, 2.05) is 24.3 Å². The molecule has 1 aromatic rings. The Hall–Kier alpha value is -1.18.